The SMILES string of the molecule is CCCC(CCO)Oc1nc(N)c2ncc(Cc3cnc(N4CCN(C(=O)CN(C)C)CC4)c(C)c3)n2n1. The second-order valence-corrected chi connectivity index (χ2v) is 10.1. The molecule has 3 N–H and O–H groups in total. The number of anilines is 2. The number of hydrogen-bond donors (Lipinski definition) is 2. The number of likely N-dealkylation sites (N-methyl/N-ethyl adjacent to an activating group) is 1. The molecule has 4 rings (SSSR count). The Morgan fingerprint density at radius 2 is 1.95 bits per heavy atom. The zero-order valence-corrected chi connectivity index (χ0v) is 22.8. The summed E-state index contributed by atoms with van der Waals surface area (Å²) in [7, 11) is 3.82. The number of carbonyl (C=O) groups excluding carboxylic acids is 1. The number of nitrogen functional groups attached to an aromatic ring is 1. The van der Waals surface area contributed by atoms with E-state index in [0.717, 1.165) is 48.6 Å². The van der Waals surface area contributed by atoms with Gasteiger partial charge in [-0.3, -0.25) is 4.79 Å². The van der Waals surface area contributed by atoms with Crippen LogP contribution in [-0.2, 0) is 11.2 Å². The van der Waals surface area contributed by atoms with Gasteiger partial charge in [0, 0.05) is 51.8 Å². The number of aliphatic hydroxyl groups is 1. The first-order valence-electron chi connectivity index (χ1n) is 13.2. The van der Waals surface area contributed by atoms with Crippen molar-refractivity contribution in [3.05, 3.63) is 35.3 Å². The van der Waals surface area contributed by atoms with Gasteiger partial charge in [0.2, 0.25) is 5.91 Å². The average molecular weight is 526 g/mol. The number of imidazole rings is 1. The van der Waals surface area contributed by atoms with Gasteiger partial charge in [0.25, 0.3) is 0 Å². The number of nitrogens with zero attached hydrogens (tertiary/aromatic N) is 8. The first kappa shape index (κ1) is 27.5. The third kappa shape index (κ3) is 6.48. The van der Waals surface area contributed by atoms with Crippen molar-refractivity contribution in [2.75, 3.05) is 64.1 Å². The van der Waals surface area contributed by atoms with E-state index in [0.29, 0.717) is 38.1 Å². The Bertz CT molecular complexity index is 1230. The molecule has 0 aromatic carbocycles. The predicted molar refractivity (Wildman–Crippen MR) is 145 cm³/mol. The highest BCUT2D eigenvalue weighted by molar-refractivity contribution is 5.78. The molecule has 1 saturated heterocycles. The van der Waals surface area contributed by atoms with Crippen LogP contribution in [0.2, 0.25) is 0 Å². The molecule has 1 aliphatic rings. The van der Waals surface area contributed by atoms with Gasteiger partial charge < -0.3 is 30.3 Å². The highest BCUT2D eigenvalue weighted by Crippen LogP contribution is 2.23. The first-order chi connectivity index (χ1) is 18.3. The highest BCUT2D eigenvalue weighted by atomic mass is 16.5. The van der Waals surface area contributed by atoms with Gasteiger partial charge in [-0.1, -0.05) is 19.4 Å². The number of rotatable bonds is 11. The summed E-state index contributed by atoms with van der Waals surface area (Å²) in [5.41, 5.74) is 9.58. The lowest BCUT2D eigenvalue weighted by atomic mass is 10.1. The van der Waals surface area contributed by atoms with Crippen molar-refractivity contribution < 1.29 is 14.6 Å². The number of pyridine rings is 1. The maximum atomic E-state index is 12.4. The fourth-order valence-corrected chi connectivity index (χ4v) is 4.78. The molecule has 1 amide bonds. The zero-order valence-electron chi connectivity index (χ0n) is 22.8. The maximum Gasteiger partial charge on any atom is 0.336 e. The molecule has 38 heavy (non-hydrogen) atoms. The standard InChI is InChI=1S/C26H39N9O3/c1-5-6-21(7-12-36)38-26-30-23(27)25-29-16-20(35(25)31-26)14-19-13-18(2)24(28-15-19)34-10-8-33(9-11-34)22(37)17-32(3)4/h13,15-16,21,36H,5-12,14,17H2,1-4H3,(H2,27,30,31). The molecular formula is C26H39N9O3. The maximum absolute atomic E-state index is 12.4. The minimum absolute atomic E-state index is 0.0331. The van der Waals surface area contributed by atoms with Gasteiger partial charge in [0.15, 0.2) is 11.5 Å². The van der Waals surface area contributed by atoms with Crippen molar-refractivity contribution in [2.24, 2.45) is 0 Å². The van der Waals surface area contributed by atoms with E-state index in [-0.39, 0.29) is 30.4 Å². The van der Waals surface area contributed by atoms with E-state index in [2.05, 4.69) is 39.9 Å². The molecular weight excluding hydrogens is 486 g/mol. The van der Waals surface area contributed by atoms with Gasteiger partial charge in [-0.15, -0.1) is 5.10 Å². The second-order valence-electron chi connectivity index (χ2n) is 10.1. The fourth-order valence-electron chi connectivity index (χ4n) is 4.78. The number of ether oxygens (including phenoxy) is 1. The van der Waals surface area contributed by atoms with Crippen molar-refractivity contribution in [3.63, 3.8) is 0 Å². The van der Waals surface area contributed by atoms with Crippen LogP contribution in [0, 0.1) is 6.92 Å². The molecule has 0 spiro atoms. The molecule has 1 aliphatic heterocycles. The summed E-state index contributed by atoms with van der Waals surface area (Å²) in [5, 5.41) is 13.9. The molecule has 0 saturated carbocycles. The molecule has 0 bridgehead atoms. The van der Waals surface area contributed by atoms with E-state index in [1.807, 2.05) is 30.1 Å². The highest BCUT2D eigenvalue weighted by Gasteiger charge is 2.23. The average Bonchev–Trinajstić information content (AvgIpc) is 3.27. The molecule has 206 valence electrons. The van der Waals surface area contributed by atoms with Gasteiger partial charge in [-0.05, 0) is 38.6 Å². The Morgan fingerprint density at radius 3 is 2.61 bits per heavy atom. The first-order valence-corrected chi connectivity index (χ1v) is 13.2. The van der Waals surface area contributed by atoms with Crippen molar-refractivity contribution in [3.8, 4) is 6.01 Å². The minimum Gasteiger partial charge on any atom is -0.459 e. The number of carbonyl (C=O) groups is 1. The summed E-state index contributed by atoms with van der Waals surface area (Å²) in [6, 6.07) is 2.31. The Kier molecular flexibility index (Phi) is 8.95. The second kappa shape index (κ2) is 12.4. The summed E-state index contributed by atoms with van der Waals surface area (Å²) in [6.45, 7) is 7.49. The van der Waals surface area contributed by atoms with Crippen LogP contribution in [0.1, 0.15) is 43.0 Å². The van der Waals surface area contributed by atoms with Crippen LogP contribution in [0.15, 0.2) is 18.5 Å². The molecule has 12 nitrogen and oxygen atoms in total. The topological polar surface area (TPSA) is 138 Å². The van der Waals surface area contributed by atoms with E-state index in [1.54, 1.807) is 10.7 Å². The van der Waals surface area contributed by atoms with Gasteiger partial charge >= 0.3 is 6.01 Å². The molecule has 0 radical (unpaired) electrons. The Labute approximate surface area is 223 Å². The summed E-state index contributed by atoms with van der Waals surface area (Å²) in [4.78, 5) is 31.9. The minimum atomic E-state index is -0.179. The quantitative estimate of drug-likeness (QED) is 0.375. The van der Waals surface area contributed by atoms with Crippen LogP contribution in [0.3, 0.4) is 0 Å². The number of fused-ring (bicyclic) bond motifs is 1. The molecule has 12 heteroatoms. The molecule has 4 heterocycles. The predicted octanol–water partition coefficient (Wildman–Crippen LogP) is 1.14. The fraction of sp³-hybridized carbons (Fsp3) is 0.577. The van der Waals surface area contributed by atoms with E-state index < -0.39 is 0 Å². The van der Waals surface area contributed by atoms with Crippen LogP contribution in [0.25, 0.3) is 5.65 Å². The van der Waals surface area contributed by atoms with Gasteiger partial charge in [-0.25, -0.2) is 14.5 Å². The Hall–Kier alpha value is -3.51. The number of hydrogen-bond acceptors (Lipinski definition) is 10. The van der Waals surface area contributed by atoms with Crippen molar-refractivity contribution >= 4 is 23.2 Å². The third-order valence-electron chi connectivity index (χ3n) is 6.65. The molecule has 0 aliphatic carbocycles. The van der Waals surface area contributed by atoms with Gasteiger partial charge in [0.05, 0.1) is 18.4 Å². The lowest BCUT2D eigenvalue weighted by molar-refractivity contribution is -0.132. The number of aryl methyl sites for hydroxylation is 1. The van der Waals surface area contributed by atoms with Crippen LogP contribution < -0.4 is 15.4 Å². The van der Waals surface area contributed by atoms with Crippen molar-refractivity contribution in [1.82, 2.24) is 34.4 Å². The lowest BCUT2D eigenvalue weighted by Gasteiger charge is -2.36. The number of nitrogens with two attached hydrogens (primary N) is 1. The summed E-state index contributed by atoms with van der Waals surface area (Å²) >= 11 is 0. The van der Waals surface area contributed by atoms with Gasteiger partial charge in [-0.2, -0.15) is 4.98 Å². The molecule has 1 fully saturated rings. The molecule has 1 atom stereocenters. The normalized spacial score (nSPS) is 14.9. The molecule has 3 aromatic rings. The van der Waals surface area contributed by atoms with Crippen molar-refractivity contribution in [2.45, 2.75) is 45.6 Å². The largest absolute Gasteiger partial charge is 0.459 e. The van der Waals surface area contributed by atoms with E-state index in [4.69, 9.17) is 15.5 Å². The zero-order chi connectivity index (χ0) is 27.2. The van der Waals surface area contributed by atoms with Crippen molar-refractivity contribution in [1.29, 1.82) is 0 Å². The van der Waals surface area contributed by atoms with Crippen LogP contribution in [-0.4, -0.2) is 105 Å². The lowest BCUT2D eigenvalue weighted by Crippen LogP contribution is -2.51. The number of aliphatic hydroxyl groups excluding tert-OH is 1. The number of aromatic nitrogens is 5. The van der Waals surface area contributed by atoms with E-state index in [1.165, 1.54) is 0 Å². The van der Waals surface area contributed by atoms with Crippen LogP contribution >= 0.6 is 0 Å². The summed E-state index contributed by atoms with van der Waals surface area (Å²) in [5.74, 6) is 1.35. The smallest absolute Gasteiger partial charge is 0.336 e. The third-order valence-corrected chi connectivity index (χ3v) is 6.65. The number of amides is 1. The van der Waals surface area contributed by atoms with Crippen LogP contribution in [0.4, 0.5) is 11.6 Å². The summed E-state index contributed by atoms with van der Waals surface area (Å²) in [6.07, 6.45) is 6.22. The van der Waals surface area contributed by atoms with E-state index >= 15 is 0 Å². The van der Waals surface area contributed by atoms with Crippen LogP contribution in [0.5, 0.6) is 6.01 Å². The molecule has 1 unspecified atom stereocenters. The summed E-state index contributed by atoms with van der Waals surface area (Å²) < 4.78 is 7.62. The molecule has 3 aromatic heterocycles. The number of piperazine rings is 1. The Balaban J connectivity index is 1.46. The van der Waals surface area contributed by atoms with E-state index in [9.17, 15) is 9.90 Å². The Morgan fingerprint density at radius 1 is 1.18 bits per heavy atom. The van der Waals surface area contributed by atoms with Gasteiger partial charge in [0.1, 0.15) is 11.9 Å². The monoisotopic (exact) mass is 525 g/mol.